The first kappa shape index (κ1) is 12.5. The van der Waals surface area contributed by atoms with Crippen LogP contribution in [0.15, 0.2) is 0 Å². The van der Waals surface area contributed by atoms with Crippen LogP contribution >= 0.6 is 15.9 Å². The zero-order valence-electron chi connectivity index (χ0n) is 8.94. The van der Waals surface area contributed by atoms with Gasteiger partial charge in [-0.2, -0.15) is 0 Å². The molecule has 0 aliphatic rings. The molecule has 0 heterocycles. The predicted molar refractivity (Wildman–Crippen MR) is 60.9 cm³/mol. The van der Waals surface area contributed by atoms with Crippen molar-refractivity contribution in [3.63, 3.8) is 0 Å². The summed E-state index contributed by atoms with van der Waals surface area (Å²) in [6.07, 6.45) is 5.31. The van der Waals surface area contributed by atoms with Gasteiger partial charge in [0.2, 0.25) is 0 Å². The quantitative estimate of drug-likeness (QED) is 0.589. The van der Waals surface area contributed by atoms with Crippen molar-refractivity contribution in [1.82, 2.24) is 0 Å². The zero-order valence-corrected chi connectivity index (χ0v) is 10.5. The van der Waals surface area contributed by atoms with Crippen molar-refractivity contribution in [3.05, 3.63) is 0 Å². The van der Waals surface area contributed by atoms with Crippen molar-refractivity contribution < 1.29 is 0 Å². The molecule has 0 saturated carbocycles. The summed E-state index contributed by atoms with van der Waals surface area (Å²) in [7, 11) is 0. The molecule has 0 saturated heterocycles. The maximum atomic E-state index is 3.73. The first-order chi connectivity index (χ1) is 5.65. The van der Waals surface area contributed by atoms with Gasteiger partial charge in [0.25, 0.3) is 0 Å². The fourth-order valence-corrected chi connectivity index (χ4v) is 1.91. The van der Waals surface area contributed by atoms with Crippen molar-refractivity contribution >= 4 is 15.9 Å². The van der Waals surface area contributed by atoms with Crippen LogP contribution in [0, 0.1) is 11.8 Å². The average molecular weight is 235 g/mol. The topological polar surface area (TPSA) is 0 Å². The lowest BCUT2D eigenvalue weighted by Gasteiger charge is -2.21. The van der Waals surface area contributed by atoms with Crippen LogP contribution in [0.1, 0.15) is 53.4 Å². The second-order valence-corrected chi connectivity index (χ2v) is 5.00. The molecule has 0 aromatic rings. The monoisotopic (exact) mass is 234 g/mol. The van der Waals surface area contributed by atoms with Gasteiger partial charge < -0.3 is 0 Å². The Morgan fingerprint density at radius 2 is 1.50 bits per heavy atom. The van der Waals surface area contributed by atoms with Crippen LogP contribution in [0.5, 0.6) is 0 Å². The van der Waals surface area contributed by atoms with Gasteiger partial charge >= 0.3 is 0 Å². The number of alkyl halides is 1. The summed E-state index contributed by atoms with van der Waals surface area (Å²) < 4.78 is 0. The second kappa shape index (κ2) is 6.94. The minimum atomic E-state index is 0.720. The highest BCUT2D eigenvalue weighted by Crippen LogP contribution is 2.26. The molecular weight excluding hydrogens is 212 g/mol. The average Bonchev–Trinajstić information content (AvgIpc) is 2.12. The molecule has 12 heavy (non-hydrogen) atoms. The number of halogens is 1. The summed E-state index contributed by atoms with van der Waals surface area (Å²) in [5.74, 6) is 1.77. The molecule has 0 bridgehead atoms. The Morgan fingerprint density at radius 1 is 1.00 bits per heavy atom. The maximum absolute atomic E-state index is 3.73. The molecule has 2 atom stereocenters. The molecule has 0 amide bonds. The van der Waals surface area contributed by atoms with E-state index < -0.39 is 0 Å². The van der Waals surface area contributed by atoms with E-state index in [0.717, 1.165) is 16.7 Å². The van der Waals surface area contributed by atoms with Crippen LogP contribution < -0.4 is 0 Å². The first-order valence-electron chi connectivity index (χ1n) is 5.29. The number of hydrogen-bond donors (Lipinski definition) is 0. The molecule has 2 unspecified atom stereocenters. The normalized spacial score (nSPS) is 16.5. The minimum Gasteiger partial charge on any atom is -0.0888 e. The van der Waals surface area contributed by atoms with E-state index in [1.165, 1.54) is 25.7 Å². The van der Waals surface area contributed by atoms with Crippen molar-refractivity contribution in [2.45, 2.75) is 58.2 Å². The van der Waals surface area contributed by atoms with Crippen LogP contribution in [0.4, 0.5) is 0 Å². The molecule has 0 aromatic heterocycles. The second-order valence-electron chi connectivity index (χ2n) is 3.82. The standard InChI is InChI=1S/C11H23Br/c1-5-10(6-2)8-9(4)11(12)7-3/h9-11H,5-8H2,1-4H3. The highest BCUT2D eigenvalue weighted by atomic mass is 79.9. The summed E-state index contributed by atoms with van der Waals surface area (Å²) in [6, 6.07) is 0. The lowest BCUT2D eigenvalue weighted by Crippen LogP contribution is -2.14. The SMILES string of the molecule is CCC(CC)CC(C)C(Br)CC. The van der Waals surface area contributed by atoms with Gasteiger partial charge in [0.15, 0.2) is 0 Å². The van der Waals surface area contributed by atoms with Gasteiger partial charge in [-0.1, -0.05) is 56.5 Å². The number of hydrogen-bond acceptors (Lipinski definition) is 0. The van der Waals surface area contributed by atoms with Crippen LogP contribution in [0.3, 0.4) is 0 Å². The first-order valence-corrected chi connectivity index (χ1v) is 6.21. The fraction of sp³-hybridized carbons (Fsp3) is 1.00. The Kier molecular flexibility index (Phi) is 7.22. The Bertz CT molecular complexity index is 97.2. The predicted octanol–water partition coefficient (Wildman–Crippen LogP) is 4.62. The molecule has 0 aliphatic carbocycles. The molecule has 0 radical (unpaired) electrons. The molecule has 0 N–H and O–H groups in total. The summed E-state index contributed by atoms with van der Waals surface area (Å²) in [4.78, 5) is 0.720. The highest BCUT2D eigenvalue weighted by molar-refractivity contribution is 9.09. The van der Waals surface area contributed by atoms with Gasteiger partial charge in [-0.05, 0) is 24.7 Å². The van der Waals surface area contributed by atoms with Crippen molar-refractivity contribution in [1.29, 1.82) is 0 Å². The van der Waals surface area contributed by atoms with E-state index in [9.17, 15) is 0 Å². The smallest absolute Gasteiger partial charge is 0.0168 e. The van der Waals surface area contributed by atoms with Gasteiger partial charge in [-0.15, -0.1) is 0 Å². The van der Waals surface area contributed by atoms with E-state index in [-0.39, 0.29) is 0 Å². The van der Waals surface area contributed by atoms with Gasteiger partial charge in [0.1, 0.15) is 0 Å². The minimum absolute atomic E-state index is 0.720. The molecule has 0 aliphatic heterocycles. The van der Waals surface area contributed by atoms with Crippen molar-refractivity contribution in [2.24, 2.45) is 11.8 Å². The van der Waals surface area contributed by atoms with Gasteiger partial charge in [-0.25, -0.2) is 0 Å². The Hall–Kier alpha value is 0.480. The van der Waals surface area contributed by atoms with Crippen molar-refractivity contribution in [2.75, 3.05) is 0 Å². The molecular formula is C11H23Br. The van der Waals surface area contributed by atoms with E-state index in [0.29, 0.717) is 0 Å². The lowest BCUT2D eigenvalue weighted by molar-refractivity contribution is 0.363. The summed E-state index contributed by atoms with van der Waals surface area (Å²) in [5, 5.41) is 0. The zero-order chi connectivity index (χ0) is 9.56. The van der Waals surface area contributed by atoms with Gasteiger partial charge in [0.05, 0.1) is 0 Å². The molecule has 0 nitrogen and oxygen atoms in total. The third kappa shape index (κ3) is 4.49. The lowest BCUT2D eigenvalue weighted by atomic mass is 9.89. The van der Waals surface area contributed by atoms with E-state index >= 15 is 0 Å². The molecule has 74 valence electrons. The highest BCUT2D eigenvalue weighted by Gasteiger charge is 2.15. The third-order valence-corrected chi connectivity index (χ3v) is 4.42. The summed E-state index contributed by atoms with van der Waals surface area (Å²) in [6.45, 7) is 9.22. The Morgan fingerprint density at radius 3 is 1.83 bits per heavy atom. The number of rotatable bonds is 6. The van der Waals surface area contributed by atoms with Gasteiger partial charge in [0, 0.05) is 4.83 Å². The van der Waals surface area contributed by atoms with Crippen LogP contribution in [-0.2, 0) is 0 Å². The van der Waals surface area contributed by atoms with Crippen LogP contribution in [0.25, 0.3) is 0 Å². The maximum Gasteiger partial charge on any atom is 0.0168 e. The molecule has 0 aromatic carbocycles. The molecule has 0 rings (SSSR count). The molecule has 0 fully saturated rings. The van der Waals surface area contributed by atoms with Crippen LogP contribution in [0.2, 0.25) is 0 Å². The van der Waals surface area contributed by atoms with Gasteiger partial charge in [-0.3, -0.25) is 0 Å². The van der Waals surface area contributed by atoms with E-state index in [4.69, 9.17) is 0 Å². The fourth-order valence-electron chi connectivity index (χ4n) is 1.70. The Balaban J connectivity index is 3.72. The summed E-state index contributed by atoms with van der Waals surface area (Å²) in [5.41, 5.74) is 0. The van der Waals surface area contributed by atoms with Crippen LogP contribution in [-0.4, -0.2) is 4.83 Å². The Labute approximate surface area is 86.3 Å². The van der Waals surface area contributed by atoms with E-state index in [2.05, 4.69) is 43.6 Å². The third-order valence-electron chi connectivity index (χ3n) is 2.87. The summed E-state index contributed by atoms with van der Waals surface area (Å²) >= 11 is 3.73. The van der Waals surface area contributed by atoms with Crippen molar-refractivity contribution in [3.8, 4) is 0 Å². The molecule has 1 heteroatoms. The largest absolute Gasteiger partial charge is 0.0888 e. The van der Waals surface area contributed by atoms with E-state index in [1.54, 1.807) is 0 Å². The van der Waals surface area contributed by atoms with E-state index in [1.807, 2.05) is 0 Å². The molecule has 0 spiro atoms.